The highest BCUT2D eigenvalue weighted by atomic mass is 19.4. The number of morpholine rings is 1. The minimum Gasteiger partial charge on any atom is -0.374 e. The fourth-order valence-electron chi connectivity index (χ4n) is 2.51. The van der Waals surface area contributed by atoms with E-state index in [1.54, 1.807) is 0 Å². The summed E-state index contributed by atoms with van der Waals surface area (Å²) in [5, 5.41) is 2.93. The van der Waals surface area contributed by atoms with E-state index in [4.69, 9.17) is 4.74 Å². The smallest absolute Gasteiger partial charge is 0.374 e. The summed E-state index contributed by atoms with van der Waals surface area (Å²) in [6.07, 6.45) is -2.05. The number of ether oxygens (including phenoxy) is 2. The van der Waals surface area contributed by atoms with Crippen LogP contribution < -0.4 is 5.32 Å². The second-order valence-corrected chi connectivity index (χ2v) is 4.74. The molecule has 2 unspecified atom stereocenters. The lowest BCUT2D eigenvalue weighted by atomic mass is 10.2. The summed E-state index contributed by atoms with van der Waals surface area (Å²) >= 11 is 0. The van der Waals surface area contributed by atoms with Gasteiger partial charge in [-0.25, -0.2) is 0 Å². The molecular formula is C11H19F3N2O2. The molecule has 2 aliphatic rings. The first-order valence-electron chi connectivity index (χ1n) is 6.31. The van der Waals surface area contributed by atoms with E-state index in [9.17, 15) is 13.2 Å². The van der Waals surface area contributed by atoms with Crippen molar-refractivity contribution < 1.29 is 22.6 Å². The second kappa shape index (κ2) is 6.18. The molecule has 0 saturated carbocycles. The van der Waals surface area contributed by atoms with E-state index >= 15 is 0 Å². The third kappa shape index (κ3) is 4.38. The van der Waals surface area contributed by atoms with Gasteiger partial charge in [-0.05, 0) is 19.4 Å². The number of alkyl halides is 3. The van der Waals surface area contributed by atoms with Crippen LogP contribution in [0.5, 0.6) is 0 Å². The molecule has 7 heteroatoms. The van der Waals surface area contributed by atoms with Crippen LogP contribution in [0.25, 0.3) is 0 Å². The van der Waals surface area contributed by atoms with Crippen LogP contribution in [-0.4, -0.2) is 62.8 Å². The quantitative estimate of drug-likeness (QED) is 0.754. The van der Waals surface area contributed by atoms with E-state index in [1.807, 2.05) is 0 Å². The summed E-state index contributed by atoms with van der Waals surface area (Å²) in [7, 11) is 0. The van der Waals surface area contributed by atoms with Gasteiger partial charge < -0.3 is 10.1 Å². The Bertz CT molecular complexity index is 263. The van der Waals surface area contributed by atoms with Gasteiger partial charge >= 0.3 is 6.36 Å². The van der Waals surface area contributed by atoms with Gasteiger partial charge in [-0.1, -0.05) is 0 Å². The number of rotatable bonds is 5. The van der Waals surface area contributed by atoms with Crippen LogP contribution in [0.1, 0.15) is 12.8 Å². The Morgan fingerprint density at radius 3 is 3.00 bits per heavy atom. The predicted octanol–water partition coefficient (Wildman–Crippen LogP) is 0.976. The molecule has 0 radical (unpaired) electrons. The molecule has 106 valence electrons. The average molecular weight is 268 g/mol. The molecule has 0 bridgehead atoms. The molecule has 0 aromatic carbocycles. The van der Waals surface area contributed by atoms with Crippen LogP contribution in [-0.2, 0) is 9.47 Å². The van der Waals surface area contributed by atoms with Crippen LogP contribution in [0.3, 0.4) is 0 Å². The van der Waals surface area contributed by atoms with E-state index in [0.29, 0.717) is 12.6 Å². The highest BCUT2D eigenvalue weighted by Crippen LogP contribution is 2.22. The fourth-order valence-corrected chi connectivity index (χ4v) is 2.51. The van der Waals surface area contributed by atoms with E-state index in [-0.39, 0.29) is 19.3 Å². The van der Waals surface area contributed by atoms with Crippen molar-refractivity contribution in [1.29, 1.82) is 0 Å². The van der Waals surface area contributed by atoms with Crippen molar-refractivity contribution in [2.24, 2.45) is 0 Å². The molecule has 0 aromatic rings. The summed E-state index contributed by atoms with van der Waals surface area (Å²) in [5.41, 5.74) is 0. The van der Waals surface area contributed by atoms with E-state index in [2.05, 4.69) is 15.0 Å². The van der Waals surface area contributed by atoms with Gasteiger partial charge in [0.1, 0.15) is 0 Å². The summed E-state index contributed by atoms with van der Waals surface area (Å²) in [4.78, 5) is 2.40. The molecule has 1 N–H and O–H groups in total. The van der Waals surface area contributed by atoms with Crippen molar-refractivity contribution in [2.75, 3.05) is 39.4 Å². The van der Waals surface area contributed by atoms with E-state index < -0.39 is 6.36 Å². The second-order valence-electron chi connectivity index (χ2n) is 4.74. The Morgan fingerprint density at radius 1 is 1.39 bits per heavy atom. The third-order valence-corrected chi connectivity index (χ3v) is 3.38. The van der Waals surface area contributed by atoms with Gasteiger partial charge in [0.15, 0.2) is 0 Å². The minimum absolute atomic E-state index is 0.0743. The number of nitrogens with one attached hydrogen (secondary N) is 1. The SMILES string of the molecule is FC(F)(F)OCCNCC1CN2CCCC2CO1. The monoisotopic (exact) mass is 268 g/mol. The van der Waals surface area contributed by atoms with Crippen molar-refractivity contribution in [2.45, 2.75) is 31.3 Å². The third-order valence-electron chi connectivity index (χ3n) is 3.38. The normalized spacial score (nSPS) is 29.5. The van der Waals surface area contributed by atoms with Crippen molar-refractivity contribution in [1.82, 2.24) is 10.2 Å². The van der Waals surface area contributed by atoms with Gasteiger partial charge in [-0.2, -0.15) is 0 Å². The molecular weight excluding hydrogens is 249 g/mol. The Balaban J connectivity index is 1.54. The van der Waals surface area contributed by atoms with Gasteiger partial charge in [0.25, 0.3) is 0 Å². The summed E-state index contributed by atoms with van der Waals surface area (Å²) in [6.45, 7) is 3.13. The Hall–Kier alpha value is -0.370. The molecule has 0 spiro atoms. The lowest BCUT2D eigenvalue weighted by Crippen LogP contribution is -2.49. The first kappa shape index (κ1) is 14.0. The van der Waals surface area contributed by atoms with Crippen LogP contribution in [0, 0.1) is 0 Å². The average Bonchev–Trinajstić information content (AvgIpc) is 2.74. The van der Waals surface area contributed by atoms with Gasteiger partial charge in [0, 0.05) is 25.7 Å². The van der Waals surface area contributed by atoms with Crippen LogP contribution in [0.2, 0.25) is 0 Å². The number of halogens is 3. The van der Waals surface area contributed by atoms with Crippen molar-refractivity contribution in [3.05, 3.63) is 0 Å². The van der Waals surface area contributed by atoms with Gasteiger partial charge in [-0.15, -0.1) is 13.2 Å². The van der Waals surface area contributed by atoms with Crippen molar-refractivity contribution in [3.63, 3.8) is 0 Å². The fraction of sp³-hybridized carbons (Fsp3) is 1.00. The standard InChI is InChI=1S/C11H19F3N2O2/c12-11(13,14)18-5-3-15-6-10-7-16-4-1-2-9(16)8-17-10/h9-10,15H,1-8H2. The highest BCUT2D eigenvalue weighted by Gasteiger charge is 2.32. The molecule has 0 aliphatic carbocycles. The summed E-state index contributed by atoms with van der Waals surface area (Å²) < 4.78 is 44.5. The zero-order chi connectivity index (χ0) is 13.0. The molecule has 18 heavy (non-hydrogen) atoms. The largest absolute Gasteiger partial charge is 0.522 e. The summed E-state index contributed by atoms with van der Waals surface area (Å²) in [5.74, 6) is 0. The molecule has 2 heterocycles. The molecule has 2 fully saturated rings. The molecule has 0 amide bonds. The van der Waals surface area contributed by atoms with Crippen LogP contribution in [0.4, 0.5) is 13.2 Å². The lowest BCUT2D eigenvalue weighted by Gasteiger charge is -2.35. The van der Waals surface area contributed by atoms with Gasteiger partial charge in [0.05, 0.1) is 19.3 Å². The maximum Gasteiger partial charge on any atom is 0.522 e. The van der Waals surface area contributed by atoms with Gasteiger partial charge in [-0.3, -0.25) is 9.64 Å². The minimum atomic E-state index is -4.54. The zero-order valence-corrected chi connectivity index (χ0v) is 10.2. The molecule has 2 rings (SSSR count). The van der Waals surface area contributed by atoms with Crippen molar-refractivity contribution >= 4 is 0 Å². The molecule has 2 saturated heterocycles. The van der Waals surface area contributed by atoms with E-state index in [0.717, 1.165) is 19.7 Å². The number of nitrogens with zero attached hydrogens (tertiary/aromatic N) is 1. The molecule has 4 nitrogen and oxygen atoms in total. The Morgan fingerprint density at radius 2 is 2.22 bits per heavy atom. The van der Waals surface area contributed by atoms with Crippen molar-refractivity contribution in [3.8, 4) is 0 Å². The summed E-state index contributed by atoms with van der Waals surface area (Å²) in [6, 6.07) is 0.551. The maximum atomic E-state index is 11.7. The maximum absolute atomic E-state index is 11.7. The van der Waals surface area contributed by atoms with Crippen LogP contribution >= 0.6 is 0 Å². The first-order valence-corrected chi connectivity index (χ1v) is 6.31. The molecule has 0 aromatic heterocycles. The highest BCUT2D eigenvalue weighted by molar-refractivity contribution is 4.85. The zero-order valence-electron chi connectivity index (χ0n) is 10.2. The molecule has 2 atom stereocenters. The first-order chi connectivity index (χ1) is 8.54. The molecule has 2 aliphatic heterocycles. The Kier molecular flexibility index (Phi) is 4.83. The number of hydrogen-bond acceptors (Lipinski definition) is 4. The van der Waals surface area contributed by atoms with Crippen LogP contribution in [0.15, 0.2) is 0 Å². The Labute approximate surface area is 104 Å². The van der Waals surface area contributed by atoms with Gasteiger partial charge in [0.2, 0.25) is 0 Å². The lowest BCUT2D eigenvalue weighted by molar-refractivity contribution is -0.323. The number of fused-ring (bicyclic) bond motifs is 1. The predicted molar refractivity (Wildman–Crippen MR) is 59.2 cm³/mol. The number of hydrogen-bond donors (Lipinski definition) is 1. The topological polar surface area (TPSA) is 33.7 Å². The van der Waals surface area contributed by atoms with E-state index in [1.165, 1.54) is 12.8 Å².